The van der Waals surface area contributed by atoms with Crippen molar-refractivity contribution in [1.29, 1.82) is 10.5 Å². The van der Waals surface area contributed by atoms with E-state index in [1.807, 2.05) is 24.6 Å². The Morgan fingerprint density at radius 1 is 1.24 bits per heavy atom. The minimum Gasteiger partial charge on any atom is -0.268 e. The normalized spacial score (nSPS) is 14.1. The quantitative estimate of drug-likeness (QED) is 0.469. The summed E-state index contributed by atoms with van der Waals surface area (Å²) in [5.41, 5.74) is 3.80. The van der Waals surface area contributed by atoms with Gasteiger partial charge in [0.15, 0.2) is 16.6 Å². The van der Waals surface area contributed by atoms with E-state index in [-0.39, 0.29) is 5.57 Å². The van der Waals surface area contributed by atoms with Gasteiger partial charge >= 0.3 is 0 Å². The molecular weight excluding hydrogens is 378 g/mol. The number of nitrogens with one attached hydrogen (secondary N) is 1. The Morgan fingerprint density at radius 2 is 1.88 bits per heavy atom. The van der Waals surface area contributed by atoms with Crippen LogP contribution in [0.5, 0.6) is 0 Å². The molecule has 0 fully saturated rings. The molecule has 1 N–H and O–H groups in total. The molecule has 2 rings (SSSR count). The fourth-order valence-electron chi connectivity index (χ4n) is 1.93. The van der Waals surface area contributed by atoms with Gasteiger partial charge in [-0.25, -0.2) is 15.0 Å². The number of hydrazone groups is 1. The van der Waals surface area contributed by atoms with E-state index >= 15 is 0 Å². The standard InChI is InChI=1S/C15H14ClN7S2/c1-22-13(10(8-17)9-18)23(15(21-22)25-3)20-14(24-2)19-12-6-4-11(16)5-7-12/h4-7H,1-3H3,(H,19,20). The summed E-state index contributed by atoms with van der Waals surface area (Å²) in [5.74, 6) is 0.354. The summed E-state index contributed by atoms with van der Waals surface area (Å²) in [5, 5.41) is 27.6. The molecule has 7 nitrogen and oxygen atoms in total. The average Bonchev–Trinajstić information content (AvgIpc) is 2.93. The molecule has 0 bridgehead atoms. The van der Waals surface area contributed by atoms with Crippen molar-refractivity contribution in [3.63, 3.8) is 0 Å². The van der Waals surface area contributed by atoms with Crippen molar-refractivity contribution in [1.82, 2.24) is 15.4 Å². The van der Waals surface area contributed by atoms with Crippen LogP contribution in [0.15, 0.2) is 45.8 Å². The fourth-order valence-corrected chi connectivity index (χ4v) is 2.96. The van der Waals surface area contributed by atoms with Crippen LogP contribution in [0.2, 0.25) is 5.02 Å². The number of hydrazine groups is 1. The molecule has 1 heterocycles. The number of hydrogen-bond acceptors (Lipinski definition) is 8. The predicted octanol–water partition coefficient (Wildman–Crippen LogP) is 3.34. The minimum atomic E-state index is -0.0465. The zero-order valence-electron chi connectivity index (χ0n) is 13.7. The molecule has 10 heteroatoms. The van der Waals surface area contributed by atoms with E-state index in [4.69, 9.17) is 11.6 Å². The predicted molar refractivity (Wildman–Crippen MR) is 104 cm³/mol. The lowest BCUT2D eigenvalue weighted by Gasteiger charge is -2.23. The number of allylic oxidation sites excluding steroid dienone is 1. The second kappa shape index (κ2) is 8.67. The summed E-state index contributed by atoms with van der Waals surface area (Å²) in [6, 6.07) is 10.9. The molecule has 0 amide bonds. The molecule has 25 heavy (non-hydrogen) atoms. The molecule has 0 aromatic heterocycles. The van der Waals surface area contributed by atoms with Crippen molar-refractivity contribution in [3.8, 4) is 12.1 Å². The molecule has 1 aromatic carbocycles. The van der Waals surface area contributed by atoms with Gasteiger partial charge in [-0.05, 0) is 36.8 Å². The zero-order valence-corrected chi connectivity index (χ0v) is 16.1. The van der Waals surface area contributed by atoms with Gasteiger partial charge in [0.2, 0.25) is 5.17 Å². The molecule has 1 aliphatic rings. The van der Waals surface area contributed by atoms with Gasteiger partial charge in [0.25, 0.3) is 0 Å². The molecule has 0 spiro atoms. The Kier molecular flexibility index (Phi) is 6.59. The monoisotopic (exact) mass is 391 g/mol. The number of halogens is 1. The van der Waals surface area contributed by atoms with Crippen molar-refractivity contribution in [2.24, 2.45) is 10.1 Å². The smallest absolute Gasteiger partial charge is 0.208 e. The first kappa shape index (κ1) is 19.0. The maximum absolute atomic E-state index is 9.22. The summed E-state index contributed by atoms with van der Waals surface area (Å²) >= 11 is 8.67. The van der Waals surface area contributed by atoms with Crippen LogP contribution in [0.4, 0.5) is 5.69 Å². The van der Waals surface area contributed by atoms with Crippen molar-refractivity contribution in [3.05, 3.63) is 40.7 Å². The number of hydrogen-bond donors (Lipinski definition) is 1. The molecule has 1 aliphatic heterocycles. The van der Waals surface area contributed by atoms with E-state index in [1.54, 1.807) is 36.3 Å². The first-order chi connectivity index (χ1) is 12.0. The molecule has 0 saturated heterocycles. The van der Waals surface area contributed by atoms with Crippen LogP contribution < -0.4 is 5.43 Å². The Balaban J connectivity index is 2.38. The second-order valence-electron chi connectivity index (χ2n) is 4.58. The number of thioether (sulfide) groups is 2. The fraction of sp³-hybridized carbons (Fsp3) is 0.200. The Hall–Kier alpha value is -2.33. The molecular formula is C15H14ClN7S2. The van der Waals surface area contributed by atoms with Crippen LogP contribution in [0, 0.1) is 22.7 Å². The molecule has 128 valence electrons. The van der Waals surface area contributed by atoms with Gasteiger partial charge in [-0.2, -0.15) is 10.5 Å². The van der Waals surface area contributed by atoms with Gasteiger partial charge < -0.3 is 0 Å². The highest BCUT2D eigenvalue weighted by Gasteiger charge is 2.31. The van der Waals surface area contributed by atoms with Crippen molar-refractivity contribution in [2.45, 2.75) is 0 Å². The summed E-state index contributed by atoms with van der Waals surface area (Å²) in [6.07, 6.45) is 3.73. The van der Waals surface area contributed by atoms with Gasteiger partial charge in [-0.3, -0.25) is 5.43 Å². The lowest BCUT2D eigenvalue weighted by molar-refractivity contribution is 0.350. The Labute approximate surface area is 159 Å². The lowest BCUT2D eigenvalue weighted by Crippen LogP contribution is -2.42. The van der Waals surface area contributed by atoms with Gasteiger partial charge in [0, 0.05) is 12.1 Å². The van der Waals surface area contributed by atoms with E-state index in [0.29, 0.717) is 21.2 Å². The Morgan fingerprint density at radius 3 is 2.40 bits per heavy atom. The minimum absolute atomic E-state index is 0.0465. The van der Waals surface area contributed by atoms with Crippen LogP contribution >= 0.6 is 35.1 Å². The van der Waals surface area contributed by atoms with Gasteiger partial charge in [0.1, 0.15) is 12.1 Å². The number of benzene rings is 1. The summed E-state index contributed by atoms with van der Waals surface area (Å²) < 4.78 is 0. The molecule has 0 unspecified atom stereocenters. The van der Waals surface area contributed by atoms with Gasteiger partial charge in [0.05, 0.1) is 5.69 Å². The largest absolute Gasteiger partial charge is 0.268 e. The molecule has 0 atom stereocenters. The maximum Gasteiger partial charge on any atom is 0.208 e. The highest BCUT2D eigenvalue weighted by molar-refractivity contribution is 8.13. The second-order valence-corrected chi connectivity index (χ2v) is 6.58. The van der Waals surface area contributed by atoms with E-state index in [2.05, 4.69) is 15.5 Å². The third kappa shape index (κ3) is 4.40. The molecule has 0 radical (unpaired) electrons. The molecule has 1 aromatic rings. The number of rotatable bonds is 2. The first-order valence-electron chi connectivity index (χ1n) is 6.89. The van der Waals surface area contributed by atoms with Crippen LogP contribution in [0.3, 0.4) is 0 Å². The zero-order chi connectivity index (χ0) is 18.4. The van der Waals surface area contributed by atoms with Crippen LogP contribution in [0.1, 0.15) is 0 Å². The van der Waals surface area contributed by atoms with Crippen LogP contribution in [-0.2, 0) is 0 Å². The summed E-state index contributed by atoms with van der Waals surface area (Å²) in [6.45, 7) is 0. The topological polar surface area (TPSA) is 90.8 Å². The maximum atomic E-state index is 9.22. The number of amidine groups is 2. The van der Waals surface area contributed by atoms with Crippen LogP contribution in [0.25, 0.3) is 0 Å². The highest BCUT2D eigenvalue weighted by atomic mass is 35.5. The Bertz CT molecular complexity index is 802. The third-order valence-electron chi connectivity index (χ3n) is 3.03. The highest BCUT2D eigenvalue weighted by Crippen LogP contribution is 2.25. The summed E-state index contributed by atoms with van der Waals surface area (Å²) in [4.78, 5) is 4.52. The lowest BCUT2D eigenvalue weighted by atomic mass is 10.3. The summed E-state index contributed by atoms with van der Waals surface area (Å²) in [7, 11) is 1.68. The van der Waals surface area contributed by atoms with Crippen molar-refractivity contribution < 1.29 is 0 Å². The van der Waals surface area contributed by atoms with E-state index in [0.717, 1.165) is 5.69 Å². The number of nitriles is 2. The molecule has 0 aliphatic carbocycles. The van der Waals surface area contributed by atoms with Crippen molar-refractivity contribution in [2.75, 3.05) is 19.6 Å². The van der Waals surface area contributed by atoms with Gasteiger partial charge in [-0.1, -0.05) is 35.1 Å². The number of aliphatic imine (C=N–C) groups is 1. The third-order valence-corrected chi connectivity index (χ3v) is 4.48. The van der Waals surface area contributed by atoms with Gasteiger partial charge in [-0.15, -0.1) is 5.10 Å². The first-order valence-corrected chi connectivity index (χ1v) is 9.72. The van der Waals surface area contributed by atoms with E-state index in [1.165, 1.54) is 28.5 Å². The van der Waals surface area contributed by atoms with Crippen LogP contribution in [-0.4, -0.2) is 39.9 Å². The average molecular weight is 392 g/mol. The molecule has 0 saturated carbocycles. The van der Waals surface area contributed by atoms with Crippen molar-refractivity contribution >= 4 is 51.1 Å². The SMILES string of the molecule is CSC(=Nc1ccc(Cl)cc1)NN1C(SC)=NN(C)C1=C(C#N)C#N. The van der Waals surface area contributed by atoms with E-state index < -0.39 is 0 Å². The van der Waals surface area contributed by atoms with E-state index in [9.17, 15) is 10.5 Å². The number of nitrogens with zero attached hydrogens (tertiary/aromatic N) is 6.